The maximum Gasteiger partial charge on any atom is 0.259 e. The summed E-state index contributed by atoms with van der Waals surface area (Å²) in [4.78, 5) is 29.4. The molecule has 1 aliphatic heterocycles. The van der Waals surface area contributed by atoms with E-state index in [1.54, 1.807) is 6.20 Å². The van der Waals surface area contributed by atoms with Crippen LogP contribution in [0.4, 0.5) is 0 Å². The molecule has 0 bridgehead atoms. The van der Waals surface area contributed by atoms with E-state index in [1.807, 2.05) is 11.8 Å². The Kier molecular flexibility index (Phi) is 4.08. The second-order valence-corrected chi connectivity index (χ2v) is 5.45. The zero-order chi connectivity index (χ0) is 14.0. The molecule has 1 amide bonds. The number of amides is 1. The van der Waals surface area contributed by atoms with Gasteiger partial charge in [-0.15, -0.1) is 0 Å². The number of rotatable bonds is 2. The summed E-state index contributed by atoms with van der Waals surface area (Å²) in [6, 6.07) is 1.96. The van der Waals surface area contributed by atoms with Crippen LogP contribution < -0.4 is 5.43 Å². The molecule has 1 N–H and O–H groups in total. The Morgan fingerprint density at radius 1 is 1.47 bits per heavy atom. The fourth-order valence-electron chi connectivity index (χ4n) is 2.93. The van der Waals surface area contributed by atoms with E-state index in [4.69, 9.17) is 0 Å². The van der Waals surface area contributed by atoms with Crippen molar-refractivity contribution in [3.63, 3.8) is 0 Å². The van der Waals surface area contributed by atoms with Crippen molar-refractivity contribution in [1.29, 1.82) is 0 Å². The van der Waals surface area contributed by atoms with Crippen molar-refractivity contribution < 1.29 is 4.79 Å². The summed E-state index contributed by atoms with van der Waals surface area (Å²) in [6.45, 7) is 5.98. The van der Waals surface area contributed by atoms with Crippen LogP contribution in [-0.2, 0) is 0 Å². The third-order valence-corrected chi connectivity index (χ3v) is 4.02. The highest BCUT2D eigenvalue weighted by Crippen LogP contribution is 2.26. The molecule has 1 fully saturated rings. The highest BCUT2D eigenvalue weighted by atomic mass is 16.2. The van der Waals surface area contributed by atoms with Crippen molar-refractivity contribution in [2.24, 2.45) is 0 Å². The van der Waals surface area contributed by atoms with Crippen molar-refractivity contribution in [2.75, 3.05) is 0 Å². The molecular weight excluding hydrogens is 240 g/mol. The molecule has 0 spiro atoms. The Balaban J connectivity index is 2.33. The van der Waals surface area contributed by atoms with E-state index < -0.39 is 0 Å². The standard InChI is InChI=1S/C15H22N2O2/c1-4-12-7-5-6-11(3)17(12)15(19)13-9-16-10(2)8-14(13)18/h8-9,11-12H,4-7H2,1-3H3,(H,16,18)/t11-,12+/m0/s1. The first-order valence-corrected chi connectivity index (χ1v) is 7.06. The number of carbonyl (C=O) groups is 1. The molecule has 0 saturated carbocycles. The van der Waals surface area contributed by atoms with Gasteiger partial charge in [0.25, 0.3) is 5.91 Å². The van der Waals surface area contributed by atoms with Crippen molar-refractivity contribution in [3.8, 4) is 0 Å². The molecule has 4 heteroatoms. The van der Waals surface area contributed by atoms with Crippen LogP contribution in [0.1, 0.15) is 55.6 Å². The van der Waals surface area contributed by atoms with Gasteiger partial charge in [0.05, 0.1) is 0 Å². The number of hydrogen-bond acceptors (Lipinski definition) is 2. The van der Waals surface area contributed by atoms with E-state index in [9.17, 15) is 9.59 Å². The van der Waals surface area contributed by atoms with Crippen molar-refractivity contribution in [2.45, 2.75) is 58.5 Å². The Labute approximate surface area is 113 Å². The number of pyridine rings is 1. The van der Waals surface area contributed by atoms with Crippen molar-refractivity contribution >= 4 is 5.91 Å². The van der Waals surface area contributed by atoms with Crippen LogP contribution in [0.15, 0.2) is 17.1 Å². The van der Waals surface area contributed by atoms with Gasteiger partial charge in [-0.2, -0.15) is 0 Å². The number of aryl methyl sites for hydroxylation is 1. The molecule has 104 valence electrons. The van der Waals surface area contributed by atoms with E-state index in [0.717, 1.165) is 31.4 Å². The Morgan fingerprint density at radius 2 is 2.21 bits per heavy atom. The first kappa shape index (κ1) is 13.8. The van der Waals surface area contributed by atoms with Gasteiger partial charge in [0.2, 0.25) is 0 Å². The fourth-order valence-corrected chi connectivity index (χ4v) is 2.93. The third-order valence-electron chi connectivity index (χ3n) is 4.02. The maximum absolute atomic E-state index is 12.6. The van der Waals surface area contributed by atoms with E-state index in [-0.39, 0.29) is 29.0 Å². The van der Waals surface area contributed by atoms with Crippen LogP contribution in [0.2, 0.25) is 0 Å². The molecule has 2 heterocycles. The molecule has 0 unspecified atom stereocenters. The minimum atomic E-state index is -0.186. The number of piperidine rings is 1. The lowest BCUT2D eigenvalue weighted by Gasteiger charge is -2.40. The first-order chi connectivity index (χ1) is 9.04. The van der Waals surface area contributed by atoms with E-state index in [2.05, 4.69) is 18.8 Å². The van der Waals surface area contributed by atoms with Crippen LogP contribution >= 0.6 is 0 Å². The van der Waals surface area contributed by atoms with Crippen molar-refractivity contribution in [1.82, 2.24) is 9.88 Å². The Hall–Kier alpha value is -1.58. The van der Waals surface area contributed by atoms with E-state index >= 15 is 0 Å². The first-order valence-electron chi connectivity index (χ1n) is 7.06. The summed E-state index contributed by atoms with van der Waals surface area (Å²) >= 11 is 0. The molecule has 1 aromatic heterocycles. The van der Waals surface area contributed by atoms with Crippen LogP contribution in [0, 0.1) is 6.92 Å². The zero-order valence-electron chi connectivity index (χ0n) is 11.9. The minimum Gasteiger partial charge on any atom is -0.364 e. The highest BCUT2D eigenvalue weighted by molar-refractivity contribution is 5.94. The lowest BCUT2D eigenvalue weighted by Crippen LogP contribution is -2.49. The van der Waals surface area contributed by atoms with Crippen LogP contribution in [0.5, 0.6) is 0 Å². The van der Waals surface area contributed by atoms with Gasteiger partial charge in [-0.25, -0.2) is 0 Å². The number of nitrogens with one attached hydrogen (secondary N) is 1. The monoisotopic (exact) mass is 262 g/mol. The molecule has 2 rings (SSSR count). The average Bonchev–Trinajstić information content (AvgIpc) is 2.37. The predicted octanol–water partition coefficient (Wildman–Crippen LogP) is 2.48. The lowest BCUT2D eigenvalue weighted by atomic mass is 9.94. The number of carbonyl (C=O) groups excluding carboxylic acids is 1. The summed E-state index contributed by atoms with van der Waals surface area (Å²) in [5.41, 5.74) is 0.854. The van der Waals surface area contributed by atoms with Crippen LogP contribution in [0.3, 0.4) is 0 Å². The summed E-state index contributed by atoms with van der Waals surface area (Å²) in [6.07, 6.45) is 5.71. The lowest BCUT2D eigenvalue weighted by molar-refractivity contribution is 0.0471. The summed E-state index contributed by atoms with van der Waals surface area (Å²) in [5, 5.41) is 0. The quantitative estimate of drug-likeness (QED) is 0.890. The van der Waals surface area contributed by atoms with Crippen LogP contribution in [0.25, 0.3) is 0 Å². The molecule has 1 aliphatic rings. The van der Waals surface area contributed by atoms with Gasteiger partial charge in [-0.05, 0) is 39.5 Å². The second-order valence-electron chi connectivity index (χ2n) is 5.45. The predicted molar refractivity (Wildman–Crippen MR) is 75.4 cm³/mol. The summed E-state index contributed by atoms with van der Waals surface area (Å²) < 4.78 is 0. The maximum atomic E-state index is 12.6. The van der Waals surface area contributed by atoms with E-state index in [0.29, 0.717) is 0 Å². The summed E-state index contributed by atoms with van der Waals surface area (Å²) in [5.74, 6) is -0.125. The molecule has 2 atom stereocenters. The molecule has 1 saturated heterocycles. The summed E-state index contributed by atoms with van der Waals surface area (Å²) in [7, 11) is 0. The molecular formula is C15H22N2O2. The molecule has 0 radical (unpaired) electrons. The SMILES string of the molecule is CC[C@@H]1CCC[C@H](C)N1C(=O)c1c[nH]c(C)cc1=O. The molecule has 4 nitrogen and oxygen atoms in total. The average molecular weight is 262 g/mol. The van der Waals surface area contributed by atoms with E-state index in [1.165, 1.54) is 6.07 Å². The van der Waals surface area contributed by atoms with Gasteiger partial charge in [0.15, 0.2) is 5.43 Å². The van der Waals surface area contributed by atoms with Gasteiger partial charge in [-0.1, -0.05) is 6.92 Å². The van der Waals surface area contributed by atoms with Crippen molar-refractivity contribution in [3.05, 3.63) is 33.7 Å². The van der Waals surface area contributed by atoms with Gasteiger partial charge in [0.1, 0.15) is 5.56 Å². The van der Waals surface area contributed by atoms with Gasteiger partial charge in [0, 0.05) is 30.0 Å². The number of hydrogen-bond donors (Lipinski definition) is 1. The minimum absolute atomic E-state index is 0.125. The Bertz CT molecular complexity index is 521. The molecule has 19 heavy (non-hydrogen) atoms. The van der Waals surface area contributed by atoms with Crippen LogP contribution in [-0.4, -0.2) is 27.9 Å². The number of H-pyrrole nitrogens is 1. The van der Waals surface area contributed by atoms with Gasteiger partial charge in [-0.3, -0.25) is 9.59 Å². The number of nitrogens with zero attached hydrogens (tertiary/aromatic N) is 1. The zero-order valence-corrected chi connectivity index (χ0v) is 11.9. The van der Waals surface area contributed by atoms with Gasteiger partial charge < -0.3 is 9.88 Å². The smallest absolute Gasteiger partial charge is 0.259 e. The highest BCUT2D eigenvalue weighted by Gasteiger charge is 2.32. The fraction of sp³-hybridized carbons (Fsp3) is 0.600. The number of aromatic nitrogens is 1. The topological polar surface area (TPSA) is 53.2 Å². The number of likely N-dealkylation sites (tertiary alicyclic amines) is 1. The molecule has 0 aliphatic carbocycles. The van der Waals surface area contributed by atoms with Gasteiger partial charge >= 0.3 is 0 Å². The molecule has 1 aromatic rings. The number of aromatic amines is 1. The molecule has 0 aromatic carbocycles. The third kappa shape index (κ3) is 2.72. The largest absolute Gasteiger partial charge is 0.364 e. The second kappa shape index (κ2) is 5.59. The Morgan fingerprint density at radius 3 is 2.84 bits per heavy atom. The normalized spacial score (nSPS) is 23.4.